The molecule has 0 spiro atoms. The van der Waals surface area contributed by atoms with Gasteiger partial charge in [-0.1, -0.05) is 13.8 Å². The van der Waals surface area contributed by atoms with Crippen molar-refractivity contribution in [3.05, 3.63) is 29.6 Å². The van der Waals surface area contributed by atoms with Gasteiger partial charge in [0.25, 0.3) is 0 Å². The van der Waals surface area contributed by atoms with E-state index in [1.54, 1.807) is 12.4 Å². The lowest BCUT2D eigenvalue weighted by Gasteiger charge is -2.13. The van der Waals surface area contributed by atoms with Crippen LogP contribution in [0, 0.1) is 12.8 Å². The molecule has 94 valence electrons. The molecule has 4 nitrogen and oxygen atoms in total. The average Bonchev–Trinajstić information content (AvgIpc) is 2.34. The molecule has 0 saturated carbocycles. The smallest absolute Gasteiger partial charge is 0.224 e. The Morgan fingerprint density at radius 1 is 1.53 bits per heavy atom. The van der Waals surface area contributed by atoms with Crippen molar-refractivity contribution in [2.75, 3.05) is 13.1 Å². The predicted molar refractivity (Wildman–Crippen MR) is 68.5 cm³/mol. The van der Waals surface area contributed by atoms with E-state index in [0.29, 0.717) is 13.1 Å². The molecule has 0 aliphatic heterocycles. The van der Waals surface area contributed by atoms with Crippen molar-refractivity contribution in [3.8, 4) is 0 Å². The second-order valence-corrected chi connectivity index (χ2v) is 4.23. The van der Waals surface area contributed by atoms with Gasteiger partial charge in [0.2, 0.25) is 5.91 Å². The number of pyridine rings is 1. The Balaban J connectivity index is 2.40. The van der Waals surface area contributed by atoms with Gasteiger partial charge in [0.15, 0.2) is 0 Å². The summed E-state index contributed by atoms with van der Waals surface area (Å²) >= 11 is 0. The Labute approximate surface area is 103 Å². The van der Waals surface area contributed by atoms with Gasteiger partial charge >= 0.3 is 0 Å². The van der Waals surface area contributed by atoms with Gasteiger partial charge < -0.3 is 10.6 Å². The van der Waals surface area contributed by atoms with Crippen molar-refractivity contribution in [2.24, 2.45) is 5.92 Å². The summed E-state index contributed by atoms with van der Waals surface area (Å²) < 4.78 is 0. The Morgan fingerprint density at radius 3 is 2.94 bits per heavy atom. The van der Waals surface area contributed by atoms with Crippen LogP contribution in [0.4, 0.5) is 0 Å². The van der Waals surface area contributed by atoms with E-state index < -0.39 is 0 Å². The molecule has 17 heavy (non-hydrogen) atoms. The quantitative estimate of drug-likeness (QED) is 0.780. The van der Waals surface area contributed by atoms with Crippen molar-refractivity contribution in [2.45, 2.75) is 27.3 Å². The van der Waals surface area contributed by atoms with Gasteiger partial charge in [-0.25, -0.2) is 0 Å². The summed E-state index contributed by atoms with van der Waals surface area (Å²) in [5.41, 5.74) is 2.22. The minimum atomic E-state index is -0.00747. The standard InChI is InChI=1S/C13H21N3O/c1-4-14-7-11(3)13(17)16-9-12-8-15-6-5-10(12)2/h5-6,8,11,14H,4,7,9H2,1-3H3,(H,16,17). The van der Waals surface area contributed by atoms with Gasteiger partial charge in [0.1, 0.15) is 0 Å². The lowest BCUT2D eigenvalue weighted by atomic mass is 10.1. The van der Waals surface area contributed by atoms with Gasteiger partial charge in [-0.05, 0) is 30.7 Å². The summed E-state index contributed by atoms with van der Waals surface area (Å²) in [4.78, 5) is 15.8. The molecule has 0 aliphatic rings. The first-order valence-corrected chi connectivity index (χ1v) is 6.03. The highest BCUT2D eigenvalue weighted by Crippen LogP contribution is 2.04. The number of carbonyl (C=O) groups excluding carboxylic acids is 1. The zero-order valence-electron chi connectivity index (χ0n) is 10.8. The van der Waals surface area contributed by atoms with E-state index in [1.807, 2.05) is 26.8 Å². The van der Waals surface area contributed by atoms with E-state index in [2.05, 4.69) is 15.6 Å². The number of amides is 1. The third kappa shape index (κ3) is 4.53. The van der Waals surface area contributed by atoms with Crippen LogP contribution in [0.2, 0.25) is 0 Å². The molecule has 1 rings (SSSR count). The summed E-state index contributed by atoms with van der Waals surface area (Å²) in [5, 5.41) is 6.09. The monoisotopic (exact) mass is 235 g/mol. The lowest BCUT2D eigenvalue weighted by molar-refractivity contribution is -0.124. The molecule has 1 amide bonds. The molecule has 0 radical (unpaired) electrons. The van der Waals surface area contributed by atoms with Crippen LogP contribution in [0.3, 0.4) is 0 Å². The molecule has 0 bridgehead atoms. The molecule has 1 heterocycles. The van der Waals surface area contributed by atoms with Crippen LogP contribution >= 0.6 is 0 Å². The lowest BCUT2D eigenvalue weighted by Crippen LogP contribution is -2.35. The Bertz CT molecular complexity index is 365. The average molecular weight is 235 g/mol. The zero-order chi connectivity index (χ0) is 12.7. The van der Waals surface area contributed by atoms with Crippen LogP contribution < -0.4 is 10.6 Å². The van der Waals surface area contributed by atoms with E-state index in [9.17, 15) is 4.79 Å². The van der Waals surface area contributed by atoms with Crippen molar-refractivity contribution >= 4 is 5.91 Å². The van der Waals surface area contributed by atoms with Crippen LogP contribution in [0.5, 0.6) is 0 Å². The fraction of sp³-hybridized carbons (Fsp3) is 0.538. The predicted octanol–water partition coefficient (Wildman–Crippen LogP) is 1.25. The van der Waals surface area contributed by atoms with Crippen molar-refractivity contribution in [3.63, 3.8) is 0 Å². The minimum absolute atomic E-state index is 0.00747. The molecule has 4 heteroatoms. The van der Waals surface area contributed by atoms with E-state index in [-0.39, 0.29) is 11.8 Å². The molecule has 0 fully saturated rings. The first-order valence-electron chi connectivity index (χ1n) is 6.03. The fourth-order valence-corrected chi connectivity index (χ4v) is 1.49. The summed E-state index contributed by atoms with van der Waals surface area (Å²) in [5.74, 6) is 0.0705. The van der Waals surface area contributed by atoms with Gasteiger partial charge in [0, 0.05) is 31.4 Å². The number of nitrogens with one attached hydrogen (secondary N) is 2. The number of aryl methyl sites for hydroxylation is 1. The maximum atomic E-state index is 11.8. The van der Waals surface area contributed by atoms with Crippen LogP contribution in [0.15, 0.2) is 18.5 Å². The van der Waals surface area contributed by atoms with Crippen LogP contribution in [0.1, 0.15) is 25.0 Å². The Kier molecular flexibility index (Phi) is 5.63. The largest absolute Gasteiger partial charge is 0.352 e. The van der Waals surface area contributed by atoms with Gasteiger partial charge in [0.05, 0.1) is 0 Å². The number of hydrogen-bond donors (Lipinski definition) is 2. The van der Waals surface area contributed by atoms with E-state index >= 15 is 0 Å². The second kappa shape index (κ2) is 7.01. The van der Waals surface area contributed by atoms with Gasteiger partial charge in [-0.2, -0.15) is 0 Å². The summed E-state index contributed by atoms with van der Waals surface area (Å²) in [6.07, 6.45) is 3.55. The topological polar surface area (TPSA) is 54.0 Å². The molecule has 1 aromatic rings. The van der Waals surface area contributed by atoms with Crippen molar-refractivity contribution in [1.82, 2.24) is 15.6 Å². The highest BCUT2D eigenvalue weighted by atomic mass is 16.1. The molecular weight excluding hydrogens is 214 g/mol. The zero-order valence-corrected chi connectivity index (χ0v) is 10.8. The minimum Gasteiger partial charge on any atom is -0.352 e. The molecule has 2 N–H and O–H groups in total. The molecule has 1 aromatic heterocycles. The maximum Gasteiger partial charge on any atom is 0.224 e. The molecular formula is C13H21N3O. The normalized spacial score (nSPS) is 12.2. The number of nitrogens with zero attached hydrogens (tertiary/aromatic N) is 1. The molecule has 0 saturated heterocycles. The first-order chi connectivity index (χ1) is 8.15. The van der Waals surface area contributed by atoms with E-state index in [1.165, 1.54) is 0 Å². The molecule has 0 aliphatic carbocycles. The highest BCUT2D eigenvalue weighted by Gasteiger charge is 2.11. The van der Waals surface area contributed by atoms with Crippen molar-refractivity contribution in [1.29, 1.82) is 0 Å². The number of carbonyl (C=O) groups is 1. The summed E-state index contributed by atoms with van der Waals surface area (Å²) in [7, 11) is 0. The Hall–Kier alpha value is -1.42. The number of aromatic nitrogens is 1. The van der Waals surface area contributed by atoms with Crippen LogP contribution in [-0.2, 0) is 11.3 Å². The first kappa shape index (κ1) is 13.6. The third-order valence-electron chi connectivity index (χ3n) is 2.75. The SMILES string of the molecule is CCNCC(C)C(=O)NCc1cnccc1C. The van der Waals surface area contributed by atoms with E-state index in [4.69, 9.17) is 0 Å². The molecule has 1 unspecified atom stereocenters. The van der Waals surface area contributed by atoms with Crippen LogP contribution in [-0.4, -0.2) is 24.0 Å². The highest BCUT2D eigenvalue weighted by molar-refractivity contribution is 5.78. The second-order valence-electron chi connectivity index (χ2n) is 4.23. The Morgan fingerprint density at radius 2 is 2.29 bits per heavy atom. The van der Waals surface area contributed by atoms with Gasteiger partial charge in [-0.3, -0.25) is 9.78 Å². The number of rotatable bonds is 6. The third-order valence-corrected chi connectivity index (χ3v) is 2.75. The molecule has 1 atom stereocenters. The fourth-order valence-electron chi connectivity index (χ4n) is 1.49. The van der Waals surface area contributed by atoms with E-state index in [0.717, 1.165) is 17.7 Å². The van der Waals surface area contributed by atoms with Gasteiger partial charge in [-0.15, -0.1) is 0 Å². The molecule has 0 aromatic carbocycles. The van der Waals surface area contributed by atoms with Crippen molar-refractivity contribution < 1.29 is 4.79 Å². The number of hydrogen-bond acceptors (Lipinski definition) is 3. The van der Waals surface area contributed by atoms with Crippen LogP contribution in [0.25, 0.3) is 0 Å². The maximum absolute atomic E-state index is 11.8. The summed E-state index contributed by atoms with van der Waals surface area (Å²) in [6.45, 7) is 8.13. The summed E-state index contributed by atoms with van der Waals surface area (Å²) in [6, 6.07) is 1.95.